The molecule has 26 heavy (non-hydrogen) atoms. The quantitative estimate of drug-likeness (QED) is 0.869. The van der Waals surface area contributed by atoms with E-state index in [-0.39, 0.29) is 30.1 Å². The molecule has 1 aromatic carbocycles. The lowest BCUT2D eigenvalue weighted by atomic mass is 10.0. The van der Waals surface area contributed by atoms with Gasteiger partial charge in [-0.2, -0.15) is 4.98 Å². The van der Waals surface area contributed by atoms with Crippen LogP contribution in [0.3, 0.4) is 0 Å². The molecule has 0 saturated carbocycles. The molecule has 2 aromatic rings. The van der Waals surface area contributed by atoms with E-state index in [1.54, 1.807) is 11.0 Å². The first kappa shape index (κ1) is 16.5. The fourth-order valence-corrected chi connectivity index (χ4v) is 2.89. The van der Waals surface area contributed by atoms with Crippen LogP contribution in [0.15, 0.2) is 22.7 Å². The predicted octanol–water partition coefficient (Wildman–Crippen LogP) is 1.01. The standard InChI is InChI=1S/C17H18N4O5/c22-15-4-2-11-1-3-12(9-13(11)18-15)25-10-14-19-16(26-20-14)17(23)21-5-7-24-8-6-21/h1,3,9H,2,4-8,10H2,(H,18,22). The predicted molar refractivity (Wildman–Crippen MR) is 88.7 cm³/mol. The van der Waals surface area contributed by atoms with Gasteiger partial charge in [-0.25, -0.2) is 0 Å². The molecule has 9 nitrogen and oxygen atoms in total. The first-order valence-corrected chi connectivity index (χ1v) is 8.44. The first-order chi connectivity index (χ1) is 12.7. The van der Waals surface area contributed by atoms with Gasteiger partial charge in [-0.05, 0) is 18.1 Å². The van der Waals surface area contributed by atoms with Crippen molar-refractivity contribution in [3.63, 3.8) is 0 Å². The minimum Gasteiger partial charge on any atom is -0.485 e. The van der Waals surface area contributed by atoms with Crippen LogP contribution in [-0.2, 0) is 22.6 Å². The number of nitrogens with one attached hydrogen (secondary N) is 1. The summed E-state index contributed by atoms with van der Waals surface area (Å²) in [5, 5.41) is 6.61. The molecular weight excluding hydrogens is 340 g/mol. The fourth-order valence-electron chi connectivity index (χ4n) is 2.89. The number of carbonyl (C=O) groups is 2. The summed E-state index contributed by atoms with van der Waals surface area (Å²) in [6.07, 6.45) is 1.22. The van der Waals surface area contributed by atoms with Crippen molar-refractivity contribution < 1.29 is 23.6 Å². The van der Waals surface area contributed by atoms with Gasteiger partial charge in [-0.15, -0.1) is 0 Å². The number of hydrogen-bond acceptors (Lipinski definition) is 7. The summed E-state index contributed by atoms with van der Waals surface area (Å²) in [6, 6.07) is 5.52. The number of aromatic nitrogens is 2. The normalized spacial score (nSPS) is 16.8. The molecule has 0 radical (unpaired) electrons. The molecule has 1 fully saturated rings. The third-order valence-corrected chi connectivity index (χ3v) is 4.29. The Balaban J connectivity index is 1.38. The van der Waals surface area contributed by atoms with Gasteiger partial charge in [0.2, 0.25) is 11.7 Å². The Morgan fingerprint density at radius 1 is 1.27 bits per heavy atom. The van der Waals surface area contributed by atoms with Crippen molar-refractivity contribution in [3.8, 4) is 5.75 Å². The van der Waals surface area contributed by atoms with Gasteiger partial charge in [-0.3, -0.25) is 9.59 Å². The Labute approximate surface area is 149 Å². The Hall–Kier alpha value is -2.94. The molecule has 9 heteroatoms. The monoisotopic (exact) mass is 358 g/mol. The second-order valence-corrected chi connectivity index (χ2v) is 6.08. The maximum absolute atomic E-state index is 12.3. The Morgan fingerprint density at radius 3 is 2.96 bits per heavy atom. The minimum absolute atomic E-state index is 0.000847. The van der Waals surface area contributed by atoms with Crippen LogP contribution in [-0.4, -0.2) is 53.2 Å². The zero-order valence-corrected chi connectivity index (χ0v) is 14.1. The van der Waals surface area contributed by atoms with Gasteiger partial charge in [0.15, 0.2) is 6.61 Å². The number of anilines is 1. The van der Waals surface area contributed by atoms with Crippen LogP contribution in [0.4, 0.5) is 5.69 Å². The molecule has 0 spiro atoms. The smallest absolute Gasteiger partial charge is 0.316 e. The summed E-state index contributed by atoms with van der Waals surface area (Å²) in [4.78, 5) is 29.5. The van der Waals surface area contributed by atoms with Crippen LogP contribution >= 0.6 is 0 Å². The number of hydrogen-bond donors (Lipinski definition) is 1. The minimum atomic E-state index is -0.302. The van der Waals surface area contributed by atoms with Crippen molar-refractivity contribution in [1.29, 1.82) is 0 Å². The molecular formula is C17H18N4O5. The van der Waals surface area contributed by atoms with E-state index in [0.717, 1.165) is 17.7 Å². The lowest BCUT2D eigenvalue weighted by Crippen LogP contribution is -2.40. The molecule has 2 amide bonds. The summed E-state index contributed by atoms with van der Waals surface area (Å²) in [5.74, 6) is 0.506. The van der Waals surface area contributed by atoms with E-state index >= 15 is 0 Å². The highest BCUT2D eigenvalue weighted by molar-refractivity contribution is 5.94. The number of morpholine rings is 1. The van der Waals surface area contributed by atoms with Crippen molar-refractivity contribution in [1.82, 2.24) is 15.0 Å². The van der Waals surface area contributed by atoms with Gasteiger partial charge in [0, 0.05) is 31.3 Å². The van der Waals surface area contributed by atoms with E-state index < -0.39 is 0 Å². The molecule has 1 saturated heterocycles. The van der Waals surface area contributed by atoms with Crippen LogP contribution < -0.4 is 10.1 Å². The molecule has 0 unspecified atom stereocenters. The number of nitrogens with zero attached hydrogens (tertiary/aromatic N) is 3. The molecule has 136 valence electrons. The van der Waals surface area contributed by atoms with Crippen molar-refractivity contribution in [2.24, 2.45) is 0 Å². The summed E-state index contributed by atoms with van der Waals surface area (Å²) in [7, 11) is 0. The number of benzene rings is 1. The van der Waals surface area contributed by atoms with Crippen molar-refractivity contribution in [2.45, 2.75) is 19.4 Å². The Bertz CT molecular complexity index is 828. The number of rotatable bonds is 4. The van der Waals surface area contributed by atoms with Crippen molar-refractivity contribution >= 4 is 17.5 Å². The van der Waals surface area contributed by atoms with Gasteiger partial charge in [0.05, 0.1) is 13.2 Å². The maximum Gasteiger partial charge on any atom is 0.316 e. The molecule has 4 rings (SSSR count). The van der Waals surface area contributed by atoms with E-state index in [4.69, 9.17) is 14.0 Å². The molecule has 2 aliphatic rings. The zero-order chi connectivity index (χ0) is 17.9. The lowest BCUT2D eigenvalue weighted by Gasteiger charge is -2.25. The summed E-state index contributed by atoms with van der Waals surface area (Å²) >= 11 is 0. The number of aryl methyl sites for hydroxylation is 1. The number of ether oxygens (including phenoxy) is 2. The average molecular weight is 358 g/mol. The SMILES string of the molecule is O=C1CCc2ccc(OCc3noc(C(=O)N4CCOCC4)n3)cc2N1. The largest absolute Gasteiger partial charge is 0.485 e. The van der Waals surface area contributed by atoms with Crippen molar-refractivity contribution in [3.05, 3.63) is 35.5 Å². The van der Waals surface area contributed by atoms with E-state index in [1.807, 2.05) is 12.1 Å². The van der Waals surface area contributed by atoms with Gasteiger partial charge in [0.25, 0.3) is 0 Å². The van der Waals surface area contributed by atoms with Gasteiger partial charge >= 0.3 is 11.8 Å². The fraction of sp³-hybridized carbons (Fsp3) is 0.412. The number of fused-ring (bicyclic) bond motifs is 1. The van der Waals surface area contributed by atoms with Gasteiger partial charge in [0.1, 0.15) is 5.75 Å². The molecule has 1 N–H and O–H groups in total. The summed E-state index contributed by atoms with van der Waals surface area (Å²) in [5.41, 5.74) is 1.84. The van der Waals surface area contributed by atoms with E-state index in [2.05, 4.69) is 15.5 Å². The highest BCUT2D eigenvalue weighted by Crippen LogP contribution is 2.27. The third kappa shape index (κ3) is 3.52. The summed E-state index contributed by atoms with van der Waals surface area (Å²) in [6.45, 7) is 2.09. The molecule has 0 atom stereocenters. The molecule has 3 heterocycles. The Morgan fingerprint density at radius 2 is 2.12 bits per heavy atom. The second-order valence-electron chi connectivity index (χ2n) is 6.08. The van der Waals surface area contributed by atoms with Crippen LogP contribution in [0.2, 0.25) is 0 Å². The lowest BCUT2D eigenvalue weighted by molar-refractivity contribution is -0.116. The molecule has 1 aromatic heterocycles. The topological polar surface area (TPSA) is 107 Å². The number of carbonyl (C=O) groups excluding carboxylic acids is 2. The highest BCUT2D eigenvalue weighted by Gasteiger charge is 2.24. The Kier molecular flexibility index (Phi) is 4.53. The van der Waals surface area contributed by atoms with Crippen LogP contribution in [0, 0.1) is 0 Å². The average Bonchev–Trinajstić information content (AvgIpc) is 3.15. The van der Waals surface area contributed by atoms with Crippen LogP contribution in [0.5, 0.6) is 5.75 Å². The van der Waals surface area contributed by atoms with E-state index in [0.29, 0.717) is 38.5 Å². The van der Waals surface area contributed by atoms with E-state index in [9.17, 15) is 9.59 Å². The first-order valence-electron chi connectivity index (χ1n) is 8.44. The zero-order valence-electron chi connectivity index (χ0n) is 14.1. The van der Waals surface area contributed by atoms with Crippen molar-refractivity contribution in [2.75, 3.05) is 31.6 Å². The van der Waals surface area contributed by atoms with Crippen LogP contribution in [0.25, 0.3) is 0 Å². The maximum atomic E-state index is 12.3. The number of amides is 2. The second kappa shape index (κ2) is 7.12. The van der Waals surface area contributed by atoms with Gasteiger partial charge in [-0.1, -0.05) is 11.2 Å². The highest BCUT2D eigenvalue weighted by atomic mass is 16.5. The molecule has 0 bridgehead atoms. The van der Waals surface area contributed by atoms with Crippen LogP contribution in [0.1, 0.15) is 28.5 Å². The summed E-state index contributed by atoms with van der Waals surface area (Å²) < 4.78 is 15.9. The van der Waals surface area contributed by atoms with Gasteiger partial charge < -0.3 is 24.2 Å². The molecule has 2 aliphatic heterocycles. The third-order valence-electron chi connectivity index (χ3n) is 4.29. The molecule has 0 aliphatic carbocycles. The van der Waals surface area contributed by atoms with E-state index in [1.165, 1.54) is 0 Å².